The minimum absolute atomic E-state index is 0.0380. The second kappa shape index (κ2) is 6.51. The molecule has 1 aliphatic carbocycles. The molecule has 0 spiro atoms. The number of esters is 1. The zero-order chi connectivity index (χ0) is 14.5. The van der Waals surface area contributed by atoms with E-state index in [0.717, 1.165) is 25.7 Å². The summed E-state index contributed by atoms with van der Waals surface area (Å²) in [5.74, 6) is -0.496. The molecule has 0 amide bonds. The molecule has 0 aromatic carbocycles. The molecule has 1 aliphatic rings. The Morgan fingerprint density at radius 2 is 1.74 bits per heavy atom. The third kappa shape index (κ3) is 4.94. The Morgan fingerprint density at radius 3 is 2.26 bits per heavy atom. The van der Waals surface area contributed by atoms with Crippen LogP contribution in [-0.2, 0) is 19.1 Å². The summed E-state index contributed by atoms with van der Waals surface area (Å²) in [5, 5.41) is 0. The lowest BCUT2D eigenvalue weighted by Crippen LogP contribution is -2.31. The topological polar surface area (TPSA) is 52.6 Å². The van der Waals surface area contributed by atoms with Crippen LogP contribution in [0.15, 0.2) is 0 Å². The average molecular weight is 270 g/mol. The highest BCUT2D eigenvalue weighted by molar-refractivity contribution is 5.84. The highest BCUT2D eigenvalue weighted by atomic mass is 16.5. The number of hydrogen-bond donors (Lipinski definition) is 0. The van der Waals surface area contributed by atoms with Crippen LogP contribution in [-0.4, -0.2) is 30.6 Å². The fraction of sp³-hybridized carbons (Fsp3) is 0.867. The Bertz CT molecular complexity index is 327. The van der Waals surface area contributed by atoms with E-state index in [1.807, 2.05) is 27.7 Å². The quantitative estimate of drug-likeness (QED) is 0.667. The maximum absolute atomic E-state index is 11.7. The number of hydrogen-bond acceptors (Lipinski definition) is 4. The first-order valence-corrected chi connectivity index (χ1v) is 7.12. The molecular formula is C15H26O4. The summed E-state index contributed by atoms with van der Waals surface area (Å²) in [6, 6.07) is 0. The molecule has 0 radical (unpaired) electrons. The minimum atomic E-state index is -0.529. The van der Waals surface area contributed by atoms with Crippen molar-refractivity contribution in [1.82, 2.24) is 0 Å². The van der Waals surface area contributed by atoms with Crippen molar-refractivity contribution in [3.63, 3.8) is 0 Å². The van der Waals surface area contributed by atoms with Gasteiger partial charge in [0.25, 0.3) is 0 Å². The number of Topliss-reactive ketones (excluding diaryl/α,β-unsaturated/α-hetero) is 1. The first-order chi connectivity index (χ1) is 8.79. The Balaban J connectivity index is 2.26. The van der Waals surface area contributed by atoms with Gasteiger partial charge in [-0.25, -0.2) is 0 Å². The van der Waals surface area contributed by atoms with Gasteiger partial charge in [-0.2, -0.15) is 0 Å². The fourth-order valence-electron chi connectivity index (χ4n) is 2.05. The maximum atomic E-state index is 11.7. The van der Waals surface area contributed by atoms with Crippen LogP contribution < -0.4 is 0 Å². The fourth-order valence-corrected chi connectivity index (χ4v) is 2.05. The molecule has 1 rings (SSSR count). The molecule has 0 saturated heterocycles. The first kappa shape index (κ1) is 16.2. The molecule has 1 fully saturated rings. The van der Waals surface area contributed by atoms with Gasteiger partial charge < -0.3 is 9.47 Å². The lowest BCUT2D eigenvalue weighted by Gasteiger charge is -2.24. The van der Waals surface area contributed by atoms with Crippen molar-refractivity contribution >= 4 is 11.8 Å². The molecule has 0 bridgehead atoms. The van der Waals surface area contributed by atoms with Crippen LogP contribution in [0.5, 0.6) is 0 Å². The maximum Gasteiger partial charge on any atom is 0.311 e. The van der Waals surface area contributed by atoms with Gasteiger partial charge >= 0.3 is 5.97 Å². The van der Waals surface area contributed by atoms with Crippen LogP contribution in [0, 0.1) is 5.41 Å². The van der Waals surface area contributed by atoms with E-state index in [1.54, 1.807) is 0 Å². The van der Waals surface area contributed by atoms with Crippen molar-refractivity contribution in [2.75, 3.05) is 13.2 Å². The normalized spacial score (nSPS) is 18.3. The van der Waals surface area contributed by atoms with Crippen LogP contribution in [0.2, 0.25) is 0 Å². The van der Waals surface area contributed by atoms with Gasteiger partial charge in [-0.05, 0) is 40.0 Å². The van der Waals surface area contributed by atoms with Crippen molar-refractivity contribution in [2.45, 2.75) is 65.4 Å². The molecule has 0 aromatic heterocycles. The molecule has 0 atom stereocenters. The summed E-state index contributed by atoms with van der Waals surface area (Å²) in [6.45, 7) is 7.45. The third-order valence-corrected chi connectivity index (χ3v) is 4.04. The Labute approximate surface area is 115 Å². The van der Waals surface area contributed by atoms with E-state index in [1.165, 1.54) is 0 Å². The zero-order valence-corrected chi connectivity index (χ0v) is 12.6. The first-order valence-electron chi connectivity index (χ1n) is 7.12. The predicted molar refractivity (Wildman–Crippen MR) is 72.9 cm³/mol. The summed E-state index contributed by atoms with van der Waals surface area (Å²) >= 11 is 0. The van der Waals surface area contributed by atoms with Crippen LogP contribution in [0.3, 0.4) is 0 Å². The van der Waals surface area contributed by atoms with E-state index < -0.39 is 5.41 Å². The second-order valence-corrected chi connectivity index (χ2v) is 6.30. The number of ketones is 1. The summed E-state index contributed by atoms with van der Waals surface area (Å²) in [6.07, 6.45) is 5.01. The molecule has 0 unspecified atom stereocenters. The van der Waals surface area contributed by atoms with Gasteiger partial charge in [-0.15, -0.1) is 0 Å². The zero-order valence-electron chi connectivity index (χ0n) is 12.6. The molecule has 110 valence electrons. The molecule has 4 heteroatoms. The van der Waals surface area contributed by atoms with E-state index in [0.29, 0.717) is 6.42 Å². The van der Waals surface area contributed by atoms with E-state index in [9.17, 15) is 9.59 Å². The second-order valence-electron chi connectivity index (χ2n) is 6.30. The lowest BCUT2D eigenvalue weighted by atomic mass is 9.91. The summed E-state index contributed by atoms with van der Waals surface area (Å²) in [5.41, 5.74) is -0.694. The van der Waals surface area contributed by atoms with Crippen molar-refractivity contribution in [3.8, 4) is 0 Å². The van der Waals surface area contributed by atoms with E-state index in [4.69, 9.17) is 9.47 Å². The number of ether oxygens (including phenoxy) is 2. The standard InChI is InChI=1S/C15H26O4/c1-5-14(2,3)13(17)18-10-12(16)11-19-15(4)8-6-7-9-15/h5-11H2,1-4H3. The molecule has 0 N–H and O–H groups in total. The predicted octanol–water partition coefficient (Wildman–Crippen LogP) is 2.88. The molecule has 0 aromatic rings. The number of carbonyl (C=O) groups excluding carboxylic acids is 2. The SMILES string of the molecule is CCC(C)(C)C(=O)OCC(=O)COC1(C)CCCC1. The van der Waals surface area contributed by atoms with Gasteiger partial charge in [0.2, 0.25) is 0 Å². The van der Waals surface area contributed by atoms with E-state index >= 15 is 0 Å². The Kier molecular flexibility index (Phi) is 5.53. The monoisotopic (exact) mass is 270 g/mol. The number of rotatable bonds is 7. The molecule has 4 nitrogen and oxygen atoms in total. The average Bonchev–Trinajstić information content (AvgIpc) is 2.80. The molecule has 1 saturated carbocycles. The van der Waals surface area contributed by atoms with Crippen molar-refractivity contribution < 1.29 is 19.1 Å². The highest BCUT2D eigenvalue weighted by Crippen LogP contribution is 2.32. The van der Waals surface area contributed by atoms with Crippen molar-refractivity contribution in [2.24, 2.45) is 5.41 Å². The Hall–Kier alpha value is -0.900. The molecule has 0 aliphatic heterocycles. The van der Waals surface area contributed by atoms with Crippen molar-refractivity contribution in [1.29, 1.82) is 0 Å². The highest BCUT2D eigenvalue weighted by Gasteiger charge is 2.31. The molecular weight excluding hydrogens is 244 g/mol. The van der Waals surface area contributed by atoms with Crippen LogP contribution in [0.1, 0.15) is 59.8 Å². The van der Waals surface area contributed by atoms with Gasteiger partial charge in [0.15, 0.2) is 12.4 Å². The number of carbonyl (C=O) groups is 2. The van der Waals surface area contributed by atoms with Gasteiger partial charge in [-0.3, -0.25) is 9.59 Å². The van der Waals surface area contributed by atoms with E-state index in [2.05, 4.69) is 0 Å². The largest absolute Gasteiger partial charge is 0.457 e. The molecule has 0 heterocycles. The van der Waals surface area contributed by atoms with Gasteiger partial charge in [0.1, 0.15) is 6.61 Å². The smallest absolute Gasteiger partial charge is 0.311 e. The van der Waals surface area contributed by atoms with Gasteiger partial charge in [0, 0.05) is 0 Å². The van der Waals surface area contributed by atoms with Gasteiger partial charge in [0.05, 0.1) is 11.0 Å². The summed E-state index contributed by atoms with van der Waals surface area (Å²) in [7, 11) is 0. The van der Waals surface area contributed by atoms with Crippen LogP contribution in [0.25, 0.3) is 0 Å². The van der Waals surface area contributed by atoms with Crippen LogP contribution >= 0.6 is 0 Å². The van der Waals surface area contributed by atoms with Crippen LogP contribution in [0.4, 0.5) is 0 Å². The Morgan fingerprint density at radius 1 is 1.16 bits per heavy atom. The van der Waals surface area contributed by atoms with E-state index in [-0.39, 0.29) is 30.6 Å². The van der Waals surface area contributed by atoms with Gasteiger partial charge in [-0.1, -0.05) is 19.8 Å². The lowest BCUT2D eigenvalue weighted by molar-refractivity contribution is -0.158. The third-order valence-electron chi connectivity index (χ3n) is 4.04. The minimum Gasteiger partial charge on any atom is -0.457 e. The van der Waals surface area contributed by atoms with Crippen molar-refractivity contribution in [3.05, 3.63) is 0 Å². The summed E-state index contributed by atoms with van der Waals surface area (Å²) in [4.78, 5) is 23.4. The summed E-state index contributed by atoms with van der Waals surface area (Å²) < 4.78 is 10.7. The molecule has 19 heavy (non-hydrogen) atoms.